The Hall–Kier alpha value is -3.71. The number of aliphatic hydroxyl groups excluding tert-OH is 1. The van der Waals surface area contributed by atoms with Gasteiger partial charge in [-0.15, -0.1) is 0 Å². The van der Waals surface area contributed by atoms with Crippen LogP contribution in [0.15, 0.2) is 75.3 Å². The SMILES string of the molecule is Cc1cc(SC2=C(O)CC(CCc3ccc(O)cc3)(C(C)C)OC2=O)c(C(C)(C)C)cc1NS(=O)(=O)c1ccc(C(F)(F)F)cn1. The van der Waals surface area contributed by atoms with E-state index in [9.17, 15) is 36.6 Å². The minimum Gasteiger partial charge on any atom is -0.511 e. The van der Waals surface area contributed by atoms with Crippen LogP contribution in [0.5, 0.6) is 5.75 Å². The molecule has 1 aromatic heterocycles. The third-order valence-corrected chi connectivity index (χ3v) is 10.4. The Kier molecular flexibility index (Phi) is 9.80. The summed E-state index contributed by atoms with van der Waals surface area (Å²) in [6, 6.07) is 11.5. The van der Waals surface area contributed by atoms with Crippen LogP contribution in [0.3, 0.4) is 0 Å². The van der Waals surface area contributed by atoms with Crippen molar-refractivity contribution in [3.63, 3.8) is 0 Å². The number of benzene rings is 2. The van der Waals surface area contributed by atoms with Gasteiger partial charge in [-0.3, -0.25) is 4.72 Å². The summed E-state index contributed by atoms with van der Waals surface area (Å²) in [6.45, 7) is 11.2. The first-order chi connectivity index (χ1) is 21.2. The zero-order chi connectivity index (χ0) is 34.2. The second-order valence-corrected chi connectivity index (χ2v) is 15.4. The minimum atomic E-state index is -4.66. The molecule has 0 bridgehead atoms. The second-order valence-electron chi connectivity index (χ2n) is 12.7. The molecule has 1 unspecified atom stereocenters. The van der Waals surface area contributed by atoms with E-state index in [0.717, 1.165) is 23.4 Å². The van der Waals surface area contributed by atoms with E-state index >= 15 is 0 Å². The number of aromatic hydroxyl groups is 1. The Morgan fingerprint density at radius 3 is 2.24 bits per heavy atom. The average molecular weight is 679 g/mol. The number of sulfonamides is 1. The van der Waals surface area contributed by atoms with Gasteiger partial charge in [0.25, 0.3) is 10.0 Å². The predicted molar refractivity (Wildman–Crippen MR) is 170 cm³/mol. The minimum absolute atomic E-state index is 0.0353. The predicted octanol–water partition coefficient (Wildman–Crippen LogP) is 8.05. The van der Waals surface area contributed by atoms with Crippen molar-refractivity contribution in [1.82, 2.24) is 4.98 Å². The molecule has 1 atom stereocenters. The molecule has 46 heavy (non-hydrogen) atoms. The number of hydrogen-bond donors (Lipinski definition) is 3. The summed E-state index contributed by atoms with van der Waals surface area (Å²) in [5.74, 6) is -0.721. The van der Waals surface area contributed by atoms with E-state index in [0.29, 0.717) is 41.1 Å². The van der Waals surface area contributed by atoms with Gasteiger partial charge in [-0.05, 0) is 84.2 Å². The van der Waals surface area contributed by atoms with Gasteiger partial charge in [-0.2, -0.15) is 21.6 Å². The lowest BCUT2D eigenvalue weighted by Gasteiger charge is -2.40. The van der Waals surface area contributed by atoms with Gasteiger partial charge in [-0.1, -0.05) is 58.5 Å². The highest BCUT2D eigenvalue weighted by molar-refractivity contribution is 8.04. The Bertz CT molecular complexity index is 1750. The first-order valence-electron chi connectivity index (χ1n) is 14.5. The van der Waals surface area contributed by atoms with Crippen LogP contribution in [-0.2, 0) is 37.6 Å². The Labute approximate surface area is 271 Å². The number of rotatable bonds is 9. The number of phenolic OH excluding ortho intramolecular Hbond substituents is 1. The number of carbonyl (C=O) groups is 1. The zero-order valence-corrected chi connectivity index (χ0v) is 28.0. The van der Waals surface area contributed by atoms with Crippen LogP contribution in [0.1, 0.15) is 69.7 Å². The first kappa shape index (κ1) is 35.1. The van der Waals surface area contributed by atoms with E-state index in [1.54, 1.807) is 43.3 Å². The van der Waals surface area contributed by atoms with Crippen LogP contribution in [0, 0.1) is 12.8 Å². The van der Waals surface area contributed by atoms with Crippen LogP contribution >= 0.6 is 11.8 Å². The molecule has 1 aliphatic rings. The van der Waals surface area contributed by atoms with Crippen LogP contribution in [-0.4, -0.2) is 35.2 Å². The monoisotopic (exact) mass is 678 g/mol. The summed E-state index contributed by atoms with van der Waals surface area (Å²) in [4.78, 5) is 17.6. The molecule has 13 heteroatoms. The lowest BCUT2D eigenvalue weighted by molar-refractivity contribution is -0.164. The molecule has 0 fully saturated rings. The maximum atomic E-state index is 13.5. The van der Waals surface area contributed by atoms with Crippen molar-refractivity contribution in [3.05, 3.63) is 87.6 Å². The smallest absolute Gasteiger partial charge is 0.417 e. The van der Waals surface area contributed by atoms with Crippen molar-refractivity contribution in [3.8, 4) is 5.75 Å². The molecule has 8 nitrogen and oxygen atoms in total. The zero-order valence-electron chi connectivity index (χ0n) is 26.3. The molecule has 0 amide bonds. The molecule has 4 rings (SSSR count). The number of cyclic esters (lactones) is 1. The molecule has 0 aliphatic carbocycles. The Morgan fingerprint density at radius 2 is 1.72 bits per heavy atom. The Morgan fingerprint density at radius 1 is 1.07 bits per heavy atom. The van der Waals surface area contributed by atoms with Gasteiger partial charge in [0.2, 0.25) is 0 Å². The maximum absolute atomic E-state index is 13.5. The second kappa shape index (κ2) is 12.8. The molecule has 3 aromatic rings. The summed E-state index contributed by atoms with van der Waals surface area (Å²) < 4.78 is 73.5. The first-order valence-corrected chi connectivity index (χ1v) is 16.8. The molecule has 0 radical (unpaired) electrons. The largest absolute Gasteiger partial charge is 0.511 e. The molecule has 1 aliphatic heterocycles. The quantitative estimate of drug-likeness (QED) is 0.194. The van der Waals surface area contributed by atoms with Gasteiger partial charge >= 0.3 is 12.1 Å². The number of anilines is 1. The van der Waals surface area contributed by atoms with Crippen LogP contribution < -0.4 is 4.72 Å². The van der Waals surface area contributed by atoms with Gasteiger partial charge in [0.1, 0.15) is 22.0 Å². The number of hydrogen-bond acceptors (Lipinski definition) is 8. The number of aromatic nitrogens is 1. The summed E-state index contributed by atoms with van der Waals surface area (Å²) in [5, 5.41) is 20.3. The molecule has 3 N–H and O–H groups in total. The molecule has 248 valence electrons. The fourth-order valence-electron chi connectivity index (χ4n) is 5.09. The summed E-state index contributed by atoms with van der Waals surface area (Å²) >= 11 is 1.04. The molecule has 2 heterocycles. The molecule has 0 saturated carbocycles. The highest BCUT2D eigenvalue weighted by Crippen LogP contribution is 2.46. The van der Waals surface area contributed by atoms with Crippen molar-refractivity contribution in [2.45, 2.75) is 87.9 Å². The third-order valence-electron chi connectivity index (χ3n) is 7.97. The normalized spacial score (nSPS) is 17.7. The number of carbonyl (C=O) groups excluding carboxylic acids is 1. The topological polar surface area (TPSA) is 126 Å². The number of aliphatic hydroxyl groups is 1. The number of alkyl halides is 3. The Balaban J connectivity index is 1.62. The van der Waals surface area contributed by atoms with E-state index in [-0.39, 0.29) is 34.4 Å². The number of pyridine rings is 1. The third kappa shape index (κ3) is 7.80. The standard InChI is InChI=1S/C33H37F3N2O6S2/c1-19(2)32(14-13-21-7-10-23(39)11-8-21)17-26(40)29(30(41)44-32)45-27-15-20(3)25(16-24(27)31(4,5)6)38-46(42,43)28-12-9-22(18-37-28)33(34,35)36/h7-12,15-16,18-19,38-40H,13-14,17H2,1-6H3. The molecular formula is C33H37F3N2O6S2. The van der Waals surface area contributed by atoms with Gasteiger partial charge in [-0.25, -0.2) is 9.78 Å². The van der Waals surface area contributed by atoms with Gasteiger partial charge < -0.3 is 14.9 Å². The number of nitrogens with one attached hydrogen (secondary N) is 1. The fraction of sp³-hybridized carbons (Fsp3) is 0.394. The number of esters is 1. The fourth-order valence-corrected chi connectivity index (χ4v) is 7.39. The maximum Gasteiger partial charge on any atom is 0.417 e. The van der Waals surface area contributed by atoms with E-state index in [2.05, 4.69) is 9.71 Å². The molecule has 0 spiro atoms. The number of thioether (sulfide) groups is 1. The van der Waals surface area contributed by atoms with E-state index < -0.39 is 43.8 Å². The number of halogens is 3. The van der Waals surface area contributed by atoms with Gasteiger partial charge in [0.05, 0.1) is 11.3 Å². The number of aryl methyl sites for hydroxylation is 2. The van der Waals surface area contributed by atoms with Crippen molar-refractivity contribution in [2.24, 2.45) is 5.92 Å². The molecular weight excluding hydrogens is 641 g/mol. The number of phenols is 1. The van der Waals surface area contributed by atoms with Crippen molar-refractivity contribution < 1.29 is 41.3 Å². The van der Waals surface area contributed by atoms with Crippen LogP contribution in [0.25, 0.3) is 0 Å². The van der Waals surface area contributed by atoms with Crippen molar-refractivity contribution in [2.75, 3.05) is 4.72 Å². The molecule has 0 saturated heterocycles. The molecule has 2 aromatic carbocycles. The van der Waals surface area contributed by atoms with Crippen molar-refractivity contribution >= 4 is 33.4 Å². The number of ether oxygens (including phenoxy) is 1. The summed E-state index contributed by atoms with van der Waals surface area (Å²) in [7, 11) is -4.34. The summed E-state index contributed by atoms with van der Waals surface area (Å²) in [6.07, 6.45) is -3.06. The van der Waals surface area contributed by atoms with E-state index in [1.807, 2.05) is 34.6 Å². The average Bonchev–Trinajstić information content (AvgIpc) is 2.94. The van der Waals surface area contributed by atoms with E-state index in [4.69, 9.17) is 4.74 Å². The van der Waals surface area contributed by atoms with Crippen LogP contribution in [0.2, 0.25) is 0 Å². The summed E-state index contributed by atoms with van der Waals surface area (Å²) in [5.41, 5.74) is -0.297. The van der Waals surface area contributed by atoms with Gasteiger partial charge in [0.15, 0.2) is 5.03 Å². The van der Waals surface area contributed by atoms with E-state index in [1.165, 1.54) is 0 Å². The highest BCUT2D eigenvalue weighted by Gasteiger charge is 2.44. The number of nitrogens with zero attached hydrogens (tertiary/aromatic N) is 1. The van der Waals surface area contributed by atoms with Crippen LogP contribution in [0.4, 0.5) is 18.9 Å². The lowest BCUT2D eigenvalue weighted by atomic mass is 9.80. The lowest BCUT2D eigenvalue weighted by Crippen LogP contribution is -2.44. The van der Waals surface area contributed by atoms with Crippen molar-refractivity contribution in [1.29, 1.82) is 0 Å². The highest BCUT2D eigenvalue weighted by atomic mass is 32.2. The van der Waals surface area contributed by atoms with Gasteiger partial charge in [0, 0.05) is 17.5 Å².